The monoisotopic (exact) mass is 453 g/mol. The van der Waals surface area contributed by atoms with Crippen LogP contribution in [0.25, 0.3) is 11.2 Å². The second-order valence-corrected chi connectivity index (χ2v) is 7.84. The first kappa shape index (κ1) is 23.5. The van der Waals surface area contributed by atoms with Gasteiger partial charge in [-0.05, 0) is 30.7 Å². The van der Waals surface area contributed by atoms with Crippen LogP contribution in [0.4, 0.5) is 17.5 Å². The number of fused-ring (bicyclic) bond motifs is 1. The maximum Gasteiger partial charge on any atom is 0.321 e. The van der Waals surface area contributed by atoms with Crippen molar-refractivity contribution in [1.82, 2.24) is 24.7 Å². The summed E-state index contributed by atoms with van der Waals surface area (Å²) < 4.78 is 26.9. The van der Waals surface area contributed by atoms with Crippen LogP contribution in [0.3, 0.4) is 0 Å². The van der Waals surface area contributed by atoms with Gasteiger partial charge >= 0.3 is 11.9 Å². The first-order valence-corrected chi connectivity index (χ1v) is 9.94. The Morgan fingerprint density at radius 3 is 2.45 bits per heavy atom. The molecule has 0 radical (unpaired) electrons. The zero-order chi connectivity index (χ0) is 21.9. The third-order valence-electron chi connectivity index (χ3n) is 3.97. The number of hydrogen-bond acceptors (Lipinski definition) is 9. The molecular weight excluding hydrogens is 434 g/mol. The highest BCUT2D eigenvalue weighted by atomic mass is 32.2. The van der Waals surface area contributed by atoms with Gasteiger partial charge in [0.05, 0.1) is 11.2 Å². The van der Waals surface area contributed by atoms with Gasteiger partial charge in [-0.25, -0.2) is 13.4 Å². The number of carboxylic acids is 2. The largest absolute Gasteiger partial charge is 0.481 e. The number of nitrogens with two attached hydrogens (primary N) is 1. The van der Waals surface area contributed by atoms with Crippen molar-refractivity contribution in [2.24, 2.45) is 0 Å². The third-order valence-corrected chi connectivity index (χ3v) is 5.46. The zero-order valence-electron chi connectivity index (χ0n) is 15.7. The lowest BCUT2D eigenvalue weighted by Crippen LogP contribution is -2.41. The van der Waals surface area contributed by atoms with E-state index < -0.39 is 40.8 Å². The van der Waals surface area contributed by atoms with Gasteiger partial charge < -0.3 is 31.7 Å². The number of anilines is 3. The van der Waals surface area contributed by atoms with Crippen molar-refractivity contribution >= 4 is 50.6 Å². The molecule has 1 aromatic carbocycles. The van der Waals surface area contributed by atoms with E-state index in [0.29, 0.717) is 22.7 Å². The molecule has 0 aliphatic rings. The minimum absolute atomic E-state index is 0. The molecule has 0 aliphatic heterocycles. The highest BCUT2D eigenvalue weighted by molar-refractivity contribution is 7.89. The highest BCUT2D eigenvalue weighted by Gasteiger charge is 2.26. The van der Waals surface area contributed by atoms with Crippen molar-refractivity contribution in [3.8, 4) is 0 Å². The molecule has 0 amide bonds. The average Bonchev–Trinajstić information content (AvgIpc) is 3.13. The van der Waals surface area contributed by atoms with Gasteiger partial charge in [0.25, 0.3) is 0 Å². The summed E-state index contributed by atoms with van der Waals surface area (Å²) in [6, 6.07) is 3.84. The van der Waals surface area contributed by atoms with Crippen LogP contribution in [0.1, 0.15) is 12.8 Å². The number of nitrogens with one attached hydrogen (secondary N) is 3. The molecule has 2 aromatic heterocycles. The SMILES string of the molecule is Nc1nc(Nc2ccc(S(=O)(=O)N[C@@H](CCC(=O)O)C(=O)O)cc2)c2[nH]cnc2n1.O. The van der Waals surface area contributed by atoms with Gasteiger partial charge in [0, 0.05) is 12.1 Å². The maximum atomic E-state index is 12.5. The molecule has 1 atom stereocenters. The molecule has 14 nitrogen and oxygen atoms in total. The summed E-state index contributed by atoms with van der Waals surface area (Å²) in [6.45, 7) is 0. The molecule has 3 aromatic rings. The fourth-order valence-corrected chi connectivity index (χ4v) is 3.77. The van der Waals surface area contributed by atoms with Crippen LogP contribution in [-0.4, -0.2) is 62.0 Å². The summed E-state index contributed by atoms with van der Waals surface area (Å²) in [4.78, 5) is 36.6. The number of H-pyrrole nitrogens is 1. The molecule has 0 aliphatic carbocycles. The van der Waals surface area contributed by atoms with Crippen molar-refractivity contribution < 1.29 is 33.7 Å². The van der Waals surface area contributed by atoms with E-state index in [2.05, 4.69) is 25.3 Å². The number of hydrogen-bond donors (Lipinski definition) is 6. The van der Waals surface area contributed by atoms with Crippen LogP contribution in [0.2, 0.25) is 0 Å². The Kier molecular flexibility index (Phi) is 7.06. The molecule has 31 heavy (non-hydrogen) atoms. The number of imidazole rings is 1. The molecule has 0 saturated heterocycles. The number of nitrogen functional groups attached to an aromatic ring is 1. The molecule has 0 unspecified atom stereocenters. The zero-order valence-corrected chi connectivity index (χ0v) is 16.5. The number of benzene rings is 1. The van der Waals surface area contributed by atoms with E-state index in [1.54, 1.807) is 0 Å². The predicted octanol–water partition coefficient (Wildman–Crippen LogP) is -0.550. The van der Waals surface area contributed by atoms with Crippen molar-refractivity contribution in [3.63, 3.8) is 0 Å². The number of carboxylic acid groups (broad SMARTS) is 2. The smallest absolute Gasteiger partial charge is 0.321 e. The first-order valence-electron chi connectivity index (χ1n) is 8.46. The number of sulfonamides is 1. The van der Waals surface area contributed by atoms with E-state index in [4.69, 9.17) is 15.9 Å². The Labute approximate surface area is 174 Å². The molecule has 0 fully saturated rings. The van der Waals surface area contributed by atoms with E-state index in [1.807, 2.05) is 4.72 Å². The molecule has 0 spiro atoms. The number of aromatic nitrogens is 4. The van der Waals surface area contributed by atoms with Crippen LogP contribution in [0.15, 0.2) is 35.5 Å². The fraction of sp³-hybridized carbons (Fsp3) is 0.188. The first-order chi connectivity index (χ1) is 14.2. The van der Waals surface area contributed by atoms with Crippen molar-refractivity contribution in [2.45, 2.75) is 23.8 Å². The van der Waals surface area contributed by atoms with Crippen LogP contribution in [-0.2, 0) is 19.6 Å². The lowest BCUT2D eigenvalue weighted by atomic mass is 10.2. The average molecular weight is 453 g/mol. The fourth-order valence-electron chi connectivity index (χ4n) is 2.55. The highest BCUT2D eigenvalue weighted by Crippen LogP contribution is 2.23. The molecule has 0 bridgehead atoms. The summed E-state index contributed by atoms with van der Waals surface area (Å²) in [5.74, 6) is -2.36. The lowest BCUT2D eigenvalue weighted by Gasteiger charge is -2.14. The van der Waals surface area contributed by atoms with E-state index in [1.165, 1.54) is 30.6 Å². The molecule has 9 N–H and O–H groups in total. The lowest BCUT2D eigenvalue weighted by molar-refractivity contribution is -0.140. The molecule has 15 heteroatoms. The predicted molar refractivity (Wildman–Crippen MR) is 108 cm³/mol. The number of aliphatic carboxylic acids is 2. The van der Waals surface area contributed by atoms with E-state index in [9.17, 15) is 18.0 Å². The number of carbonyl (C=O) groups is 2. The van der Waals surface area contributed by atoms with E-state index in [-0.39, 0.29) is 16.3 Å². The Bertz CT molecular complexity index is 1190. The van der Waals surface area contributed by atoms with Gasteiger partial charge in [-0.3, -0.25) is 9.59 Å². The van der Waals surface area contributed by atoms with Crippen LogP contribution in [0, 0.1) is 0 Å². The van der Waals surface area contributed by atoms with Gasteiger partial charge in [-0.2, -0.15) is 14.7 Å². The summed E-state index contributed by atoms with van der Waals surface area (Å²) in [7, 11) is -4.19. The Hall–Kier alpha value is -3.82. The summed E-state index contributed by atoms with van der Waals surface area (Å²) in [5, 5.41) is 20.8. The third kappa shape index (κ3) is 5.62. The molecule has 2 heterocycles. The quantitative estimate of drug-likeness (QED) is 0.240. The van der Waals surface area contributed by atoms with Gasteiger partial charge in [-0.1, -0.05) is 0 Å². The molecule has 0 saturated carbocycles. The topological polar surface area (TPSA) is 245 Å². The van der Waals surface area contributed by atoms with Crippen LogP contribution >= 0.6 is 0 Å². The Morgan fingerprint density at radius 2 is 1.84 bits per heavy atom. The second kappa shape index (κ2) is 9.33. The standard InChI is InChI=1S/C16H17N7O6S.H2O/c17-16-21-13-12(18-7-19-13)14(22-16)20-8-1-3-9(4-2-8)30(28,29)23-10(15(26)27)5-6-11(24)25;/h1-4,7,10,23H,5-6H2,(H,24,25)(H,26,27)(H4,17,18,19,20,21,22);1H2/t10-;/m0./s1. The van der Waals surface area contributed by atoms with Crippen molar-refractivity contribution in [2.75, 3.05) is 11.1 Å². The van der Waals surface area contributed by atoms with Gasteiger partial charge in [0.1, 0.15) is 11.6 Å². The minimum Gasteiger partial charge on any atom is -0.481 e. The van der Waals surface area contributed by atoms with E-state index in [0.717, 1.165) is 0 Å². The van der Waals surface area contributed by atoms with E-state index >= 15 is 0 Å². The molecule has 166 valence electrons. The Morgan fingerprint density at radius 1 is 1.16 bits per heavy atom. The second-order valence-electron chi connectivity index (χ2n) is 6.13. The van der Waals surface area contributed by atoms with Crippen LogP contribution < -0.4 is 15.8 Å². The Balaban J connectivity index is 0.00000341. The maximum absolute atomic E-state index is 12.5. The minimum atomic E-state index is -4.19. The summed E-state index contributed by atoms with van der Waals surface area (Å²) >= 11 is 0. The summed E-state index contributed by atoms with van der Waals surface area (Å²) in [5.41, 5.74) is 6.98. The molecule has 3 rings (SSSR count). The number of rotatable bonds is 9. The van der Waals surface area contributed by atoms with Gasteiger partial charge in [-0.15, -0.1) is 0 Å². The van der Waals surface area contributed by atoms with Gasteiger partial charge in [0.15, 0.2) is 11.5 Å². The normalized spacial score (nSPS) is 12.1. The van der Waals surface area contributed by atoms with Gasteiger partial charge in [0.2, 0.25) is 16.0 Å². The molecular formula is C16H19N7O7S. The number of aromatic amines is 1. The number of nitrogens with zero attached hydrogens (tertiary/aromatic N) is 3. The summed E-state index contributed by atoms with van der Waals surface area (Å²) in [6.07, 6.45) is 0.542. The van der Waals surface area contributed by atoms with Crippen molar-refractivity contribution in [1.29, 1.82) is 0 Å². The van der Waals surface area contributed by atoms with Crippen molar-refractivity contribution in [3.05, 3.63) is 30.6 Å². The van der Waals surface area contributed by atoms with Crippen LogP contribution in [0.5, 0.6) is 0 Å².